The predicted octanol–water partition coefficient (Wildman–Crippen LogP) is 1.97. The van der Waals surface area contributed by atoms with Crippen molar-refractivity contribution in [2.75, 3.05) is 37.6 Å². The molecule has 0 unspecified atom stereocenters. The molecule has 1 saturated carbocycles. The number of hydrogen-bond donors (Lipinski definition) is 1. The van der Waals surface area contributed by atoms with E-state index in [1.807, 2.05) is 19.1 Å². The summed E-state index contributed by atoms with van der Waals surface area (Å²) in [5.74, 6) is -0.809. The smallest absolute Gasteiger partial charge is 0.311 e. The van der Waals surface area contributed by atoms with E-state index in [1.54, 1.807) is 6.07 Å². The summed E-state index contributed by atoms with van der Waals surface area (Å²) in [7, 11) is 0. The minimum absolute atomic E-state index is 0.0497. The Morgan fingerprint density at radius 2 is 1.91 bits per heavy atom. The number of rotatable bonds is 3. The molecule has 0 radical (unpaired) electrons. The van der Waals surface area contributed by atoms with Gasteiger partial charge in [-0.15, -0.1) is 0 Å². The van der Waals surface area contributed by atoms with Crippen LogP contribution in [-0.4, -0.2) is 84.3 Å². The average molecular weight is 461 g/mol. The van der Waals surface area contributed by atoms with Crippen molar-refractivity contribution < 1.29 is 28.5 Å². The van der Waals surface area contributed by atoms with E-state index < -0.39 is 11.7 Å². The molecule has 1 N–H and O–H groups in total. The maximum atomic E-state index is 14.2. The summed E-state index contributed by atoms with van der Waals surface area (Å²) in [4.78, 5) is 17.3. The second-order valence-corrected chi connectivity index (χ2v) is 10.8. The lowest BCUT2D eigenvalue weighted by Gasteiger charge is -2.37. The molecule has 33 heavy (non-hydrogen) atoms. The number of fused-ring (bicyclic) bond motifs is 4. The van der Waals surface area contributed by atoms with E-state index >= 15 is 0 Å². The second-order valence-electron chi connectivity index (χ2n) is 10.8. The Morgan fingerprint density at radius 3 is 2.67 bits per heavy atom. The highest BCUT2D eigenvalue weighted by molar-refractivity contribution is 5.76. The van der Waals surface area contributed by atoms with Crippen molar-refractivity contribution in [3.63, 3.8) is 0 Å². The van der Waals surface area contributed by atoms with Crippen LogP contribution in [0.15, 0.2) is 24.3 Å². The molecule has 1 aliphatic carbocycles. The molecule has 4 aliphatic heterocycles. The van der Waals surface area contributed by atoms with E-state index in [2.05, 4.69) is 16.7 Å². The van der Waals surface area contributed by atoms with E-state index in [0.29, 0.717) is 31.7 Å². The zero-order valence-corrected chi connectivity index (χ0v) is 19.3. The van der Waals surface area contributed by atoms with Crippen LogP contribution >= 0.6 is 0 Å². The fourth-order valence-electron chi connectivity index (χ4n) is 6.36. The number of carbonyl (C=O) groups excluding carboxylic acids is 1. The third-order valence-corrected chi connectivity index (χ3v) is 8.79. The quantitative estimate of drug-likeness (QED) is 0.546. The van der Waals surface area contributed by atoms with Gasteiger partial charge >= 0.3 is 5.97 Å². The first kappa shape index (κ1) is 21.8. The van der Waals surface area contributed by atoms with Crippen LogP contribution in [0, 0.1) is 17.7 Å². The molecule has 0 aromatic heterocycles. The second kappa shape index (κ2) is 7.63. The molecule has 4 heterocycles. The number of epoxide rings is 2. The summed E-state index contributed by atoms with van der Waals surface area (Å²) in [5.41, 5.74) is -0.187. The number of esters is 1. The first-order valence-electron chi connectivity index (χ1n) is 12.2. The number of hydrogen-bond acceptors (Lipinski definition) is 7. The molecule has 5 aliphatic rings. The van der Waals surface area contributed by atoms with E-state index in [-0.39, 0.29) is 47.5 Å². The molecule has 8 atom stereocenters. The molecule has 6 rings (SSSR count). The zero-order valence-electron chi connectivity index (χ0n) is 19.3. The topological polar surface area (TPSA) is 78.1 Å². The predicted molar refractivity (Wildman–Crippen MR) is 118 cm³/mol. The third kappa shape index (κ3) is 3.66. The van der Waals surface area contributed by atoms with E-state index in [0.717, 1.165) is 25.9 Å². The Labute approximate surface area is 193 Å². The fourth-order valence-corrected chi connectivity index (χ4v) is 6.36. The lowest BCUT2D eigenvalue weighted by Crippen LogP contribution is -2.49. The summed E-state index contributed by atoms with van der Waals surface area (Å²) < 4.78 is 32.1. The summed E-state index contributed by atoms with van der Waals surface area (Å²) in [6.07, 6.45) is 1.15. The summed E-state index contributed by atoms with van der Waals surface area (Å²) in [5, 5.41) is 11.0. The van der Waals surface area contributed by atoms with Gasteiger partial charge in [-0.3, -0.25) is 9.69 Å². The van der Waals surface area contributed by atoms with Crippen LogP contribution in [0.5, 0.6) is 0 Å². The van der Waals surface area contributed by atoms with Crippen LogP contribution in [0.1, 0.15) is 33.1 Å². The monoisotopic (exact) mass is 460 g/mol. The van der Waals surface area contributed by atoms with Gasteiger partial charge in [-0.05, 0) is 45.2 Å². The van der Waals surface area contributed by atoms with Crippen LogP contribution in [-0.2, 0) is 19.0 Å². The minimum Gasteiger partial charge on any atom is -0.459 e. The SMILES string of the molecule is C[C@]12O[C@@H]1CC[C@@]1(C)O[C@@H]1[C@H]1OC(=O)[C@@H](CN3CCN(c4ccccc4F)CC3)[C@@H]1C[C@H]2O. The number of aliphatic hydroxyl groups is 1. The molecule has 4 saturated heterocycles. The standard InChI is InChI=1S/C25H33FN2O5/c1-24-8-7-20-25(2,32-20)19(29)13-15-16(23(30)31-21(15)22(24)33-24)14-27-9-11-28(12-10-27)18-6-4-3-5-17(18)26/h3-6,15-16,19-22,29H,7-14H2,1-2H3/t15-,16-,19+,20+,21-,22+,24+,25+/m0/s1. The first-order valence-corrected chi connectivity index (χ1v) is 12.2. The normalized spacial score (nSPS) is 45.0. The number of aliphatic hydroxyl groups excluding tert-OH is 1. The Kier molecular flexibility index (Phi) is 5.04. The molecule has 1 aromatic carbocycles. The molecule has 180 valence electrons. The van der Waals surface area contributed by atoms with Crippen LogP contribution in [0.3, 0.4) is 0 Å². The Hall–Kier alpha value is -1.74. The number of carbonyl (C=O) groups is 1. The lowest BCUT2D eigenvalue weighted by molar-refractivity contribution is -0.145. The number of ether oxygens (including phenoxy) is 3. The van der Waals surface area contributed by atoms with Crippen LogP contribution < -0.4 is 4.90 Å². The van der Waals surface area contributed by atoms with Crippen LogP contribution in [0.2, 0.25) is 0 Å². The molecule has 1 aromatic rings. The molecule has 0 spiro atoms. The average Bonchev–Trinajstić information content (AvgIpc) is 3.65. The van der Waals surface area contributed by atoms with E-state index in [4.69, 9.17) is 14.2 Å². The van der Waals surface area contributed by atoms with Crippen molar-refractivity contribution >= 4 is 11.7 Å². The number of piperazine rings is 1. The number of benzene rings is 1. The summed E-state index contributed by atoms with van der Waals surface area (Å²) in [6, 6.07) is 6.86. The molecular weight excluding hydrogens is 427 g/mol. The highest BCUT2D eigenvalue weighted by atomic mass is 19.1. The van der Waals surface area contributed by atoms with Gasteiger partial charge in [0.05, 0.1) is 29.4 Å². The molecule has 7 nitrogen and oxygen atoms in total. The van der Waals surface area contributed by atoms with Gasteiger partial charge < -0.3 is 24.2 Å². The number of para-hydroxylation sites is 1. The van der Waals surface area contributed by atoms with Crippen LogP contribution in [0.25, 0.3) is 0 Å². The van der Waals surface area contributed by atoms with Gasteiger partial charge in [0.1, 0.15) is 23.6 Å². The largest absolute Gasteiger partial charge is 0.459 e. The molecule has 8 heteroatoms. The Morgan fingerprint density at radius 1 is 1.15 bits per heavy atom. The lowest BCUT2D eigenvalue weighted by atomic mass is 9.77. The Bertz CT molecular complexity index is 939. The maximum absolute atomic E-state index is 14.2. The fraction of sp³-hybridized carbons (Fsp3) is 0.720. The van der Waals surface area contributed by atoms with Crippen molar-refractivity contribution in [3.05, 3.63) is 30.1 Å². The van der Waals surface area contributed by atoms with Gasteiger partial charge in [0.2, 0.25) is 0 Å². The van der Waals surface area contributed by atoms with Crippen molar-refractivity contribution in [1.29, 1.82) is 0 Å². The van der Waals surface area contributed by atoms with Gasteiger partial charge in [-0.2, -0.15) is 0 Å². The van der Waals surface area contributed by atoms with Gasteiger partial charge in [-0.1, -0.05) is 12.1 Å². The first-order chi connectivity index (χ1) is 15.8. The van der Waals surface area contributed by atoms with E-state index in [1.165, 1.54) is 6.07 Å². The molecular formula is C25H33FN2O5. The Balaban J connectivity index is 1.16. The van der Waals surface area contributed by atoms with Crippen molar-refractivity contribution in [2.24, 2.45) is 11.8 Å². The molecule has 0 amide bonds. The molecule has 5 fully saturated rings. The highest BCUT2D eigenvalue weighted by Crippen LogP contribution is 2.54. The van der Waals surface area contributed by atoms with E-state index in [9.17, 15) is 14.3 Å². The van der Waals surface area contributed by atoms with Gasteiger partial charge in [0.25, 0.3) is 0 Å². The number of nitrogens with zero attached hydrogens (tertiary/aromatic N) is 2. The zero-order chi connectivity index (χ0) is 23.0. The van der Waals surface area contributed by atoms with Gasteiger partial charge in [0.15, 0.2) is 0 Å². The molecule has 0 bridgehead atoms. The summed E-state index contributed by atoms with van der Waals surface area (Å²) in [6.45, 7) is 7.56. The third-order valence-electron chi connectivity index (χ3n) is 8.79. The number of halogens is 1. The van der Waals surface area contributed by atoms with Crippen LogP contribution in [0.4, 0.5) is 10.1 Å². The van der Waals surface area contributed by atoms with Crippen molar-refractivity contribution in [3.8, 4) is 0 Å². The van der Waals surface area contributed by atoms with Crippen molar-refractivity contribution in [2.45, 2.75) is 68.7 Å². The van der Waals surface area contributed by atoms with Crippen molar-refractivity contribution in [1.82, 2.24) is 4.90 Å². The van der Waals surface area contributed by atoms with Gasteiger partial charge in [-0.25, -0.2) is 4.39 Å². The van der Waals surface area contributed by atoms with Gasteiger partial charge in [0, 0.05) is 38.6 Å². The maximum Gasteiger partial charge on any atom is 0.311 e. The minimum atomic E-state index is -0.631. The summed E-state index contributed by atoms with van der Waals surface area (Å²) >= 11 is 0. The highest BCUT2D eigenvalue weighted by Gasteiger charge is 2.67. The number of anilines is 1.